The number of rotatable bonds is 2. The van der Waals surface area contributed by atoms with E-state index in [1.165, 1.54) is 0 Å². The molecule has 1 aromatic carbocycles. The van der Waals surface area contributed by atoms with Crippen LogP contribution in [0.3, 0.4) is 0 Å². The predicted molar refractivity (Wildman–Crippen MR) is 102 cm³/mol. The first kappa shape index (κ1) is 18.4. The quantitative estimate of drug-likeness (QED) is 0.797. The SMILES string of the molecule is Cc1cccc(C(=O)N[C@H]2CCCC(O)(C#Cc3cccc(Cl)c3)C2)n1. The lowest BCUT2D eigenvalue weighted by Crippen LogP contribution is -2.45. The highest BCUT2D eigenvalue weighted by molar-refractivity contribution is 6.30. The molecule has 0 saturated heterocycles. The molecule has 0 spiro atoms. The van der Waals surface area contributed by atoms with Crippen molar-refractivity contribution in [2.75, 3.05) is 0 Å². The normalized spacial score (nSPS) is 22.2. The lowest BCUT2D eigenvalue weighted by molar-refractivity contribution is 0.0451. The monoisotopic (exact) mass is 368 g/mol. The number of hydrogen-bond acceptors (Lipinski definition) is 3. The minimum atomic E-state index is -1.11. The molecule has 5 heteroatoms. The van der Waals surface area contributed by atoms with E-state index in [2.05, 4.69) is 22.1 Å². The molecule has 0 bridgehead atoms. The number of nitrogens with one attached hydrogen (secondary N) is 1. The smallest absolute Gasteiger partial charge is 0.270 e. The van der Waals surface area contributed by atoms with Gasteiger partial charge in [-0.2, -0.15) is 0 Å². The average Bonchev–Trinajstić information content (AvgIpc) is 2.60. The summed E-state index contributed by atoms with van der Waals surface area (Å²) in [4.78, 5) is 16.6. The standard InChI is InChI=1S/C21H21ClN2O2/c1-15-5-2-9-19(23-15)20(25)24-18-8-4-11-21(26,14-18)12-10-16-6-3-7-17(22)13-16/h2-3,5-7,9,13,18,26H,4,8,11,14H2,1H3,(H,24,25)/t18-,21?/m0/s1. The number of halogens is 1. The third-order valence-electron chi connectivity index (χ3n) is 4.45. The van der Waals surface area contributed by atoms with E-state index in [0.717, 1.165) is 24.1 Å². The van der Waals surface area contributed by atoms with Gasteiger partial charge in [-0.15, -0.1) is 0 Å². The Bertz CT molecular complexity index is 872. The zero-order valence-electron chi connectivity index (χ0n) is 14.6. The van der Waals surface area contributed by atoms with Crippen LogP contribution in [-0.2, 0) is 0 Å². The van der Waals surface area contributed by atoms with Crippen LogP contribution in [0, 0.1) is 18.8 Å². The molecule has 2 atom stereocenters. The molecule has 1 aromatic heterocycles. The lowest BCUT2D eigenvalue weighted by atomic mass is 9.82. The second-order valence-corrected chi connectivity index (χ2v) is 7.16. The van der Waals surface area contributed by atoms with Gasteiger partial charge >= 0.3 is 0 Å². The van der Waals surface area contributed by atoms with Crippen molar-refractivity contribution in [1.29, 1.82) is 0 Å². The Kier molecular flexibility index (Phi) is 5.61. The van der Waals surface area contributed by atoms with Gasteiger partial charge in [-0.05, 0) is 56.5 Å². The van der Waals surface area contributed by atoms with E-state index < -0.39 is 5.60 Å². The first-order chi connectivity index (χ1) is 12.4. The van der Waals surface area contributed by atoms with Crippen molar-refractivity contribution in [3.63, 3.8) is 0 Å². The molecule has 4 nitrogen and oxygen atoms in total. The van der Waals surface area contributed by atoms with Gasteiger partial charge in [-0.25, -0.2) is 4.98 Å². The maximum Gasteiger partial charge on any atom is 0.270 e. The Labute approximate surface area is 158 Å². The molecule has 1 amide bonds. The van der Waals surface area contributed by atoms with Crippen LogP contribution in [0.1, 0.15) is 47.4 Å². The van der Waals surface area contributed by atoms with Gasteiger partial charge in [0.15, 0.2) is 0 Å². The first-order valence-corrected chi connectivity index (χ1v) is 9.07. The third kappa shape index (κ3) is 4.85. The Morgan fingerprint density at radius 2 is 2.15 bits per heavy atom. The van der Waals surface area contributed by atoms with Gasteiger partial charge in [0.05, 0.1) is 0 Å². The van der Waals surface area contributed by atoms with E-state index in [1.807, 2.05) is 31.2 Å². The number of carbonyl (C=O) groups is 1. The van der Waals surface area contributed by atoms with Crippen molar-refractivity contribution in [2.24, 2.45) is 0 Å². The van der Waals surface area contributed by atoms with Gasteiger partial charge < -0.3 is 10.4 Å². The van der Waals surface area contributed by atoms with Crippen LogP contribution in [0.5, 0.6) is 0 Å². The number of nitrogens with zero attached hydrogens (tertiary/aromatic N) is 1. The number of pyridine rings is 1. The summed E-state index contributed by atoms with van der Waals surface area (Å²) in [5, 5.41) is 14.4. The highest BCUT2D eigenvalue weighted by Gasteiger charge is 2.33. The van der Waals surface area contributed by atoms with Crippen molar-refractivity contribution >= 4 is 17.5 Å². The molecule has 0 aliphatic heterocycles. The predicted octanol–water partition coefficient (Wildman–Crippen LogP) is 3.50. The van der Waals surface area contributed by atoms with Crippen LogP contribution in [0.25, 0.3) is 0 Å². The highest BCUT2D eigenvalue weighted by Crippen LogP contribution is 2.28. The van der Waals surface area contributed by atoms with E-state index in [9.17, 15) is 9.90 Å². The minimum Gasteiger partial charge on any atom is -0.378 e. The second-order valence-electron chi connectivity index (χ2n) is 6.72. The molecule has 1 unspecified atom stereocenters. The summed E-state index contributed by atoms with van der Waals surface area (Å²) in [6.45, 7) is 1.85. The summed E-state index contributed by atoms with van der Waals surface area (Å²) in [5.41, 5.74) is 0.841. The summed E-state index contributed by atoms with van der Waals surface area (Å²) in [6.07, 6.45) is 2.61. The molecule has 1 fully saturated rings. The van der Waals surface area contributed by atoms with E-state index in [0.29, 0.717) is 23.6 Å². The van der Waals surface area contributed by atoms with Gasteiger partial charge in [-0.3, -0.25) is 4.79 Å². The fourth-order valence-electron chi connectivity index (χ4n) is 3.17. The van der Waals surface area contributed by atoms with Crippen molar-refractivity contribution in [3.8, 4) is 11.8 Å². The highest BCUT2D eigenvalue weighted by atomic mass is 35.5. The van der Waals surface area contributed by atoms with Crippen LogP contribution >= 0.6 is 11.6 Å². The number of carbonyl (C=O) groups excluding carboxylic acids is 1. The maximum atomic E-state index is 12.4. The van der Waals surface area contributed by atoms with Crippen LogP contribution in [0.2, 0.25) is 5.02 Å². The Balaban J connectivity index is 1.68. The van der Waals surface area contributed by atoms with E-state index >= 15 is 0 Å². The maximum absolute atomic E-state index is 12.4. The summed E-state index contributed by atoms with van der Waals surface area (Å²) in [5.74, 6) is 5.76. The van der Waals surface area contributed by atoms with Gasteiger partial charge in [0, 0.05) is 28.7 Å². The van der Waals surface area contributed by atoms with Crippen molar-refractivity contribution in [2.45, 2.75) is 44.2 Å². The number of aliphatic hydroxyl groups is 1. The van der Waals surface area contributed by atoms with Gasteiger partial charge in [0.1, 0.15) is 11.3 Å². The molecular weight excluding hydrogens is 348 g/mol. The third-order valence-corrected chi connectivity index (χ3v) is 4.68. The minimum absolute atomic E-state index is 0.128. The molecule has 2 aromatic rings. The molecule has 2 N–H and O–H groups in total. The van der Waals surface area contributed by atoms with Crippen LogP contribution in [0.15, 0.2) is 42.5 Å². The summed E-state index contributed by atoms with van der Waals surface area (Å²) >= 11 is 5.97. The number of benzene rings is 1. The lowest BCUT2D eigenvalue weighted by Gasteiger charge is -2.33. The topological polar surface area (TPSA) is 62.2 Å². The Hall–Kier alpha value is -2.35. The van der Waals surface area contributed by atoms with Gasteiger partial charge in [0.2, 0.25) is 0 Å². The fourth-order valence-corrected chi connectivity index (χ4v) is 3.36. The average molecular weight is 369 g/mol. The molecule has 0 radical (unpaired) electrons. The number of aromatic nitrogens is 1. The second kappa shape index (κ2) is 7.90. The van der Waals surface area contributed by atoms with Crippen molar-refractivity contribution in [3.05, 3.63) is 64.4 Å². The summed E-state index contributed by atoms with van der Waals surface area (Å²) < 4.78 is 0. The molecule has 1 aliphatic rings. The fraction of sp³-hybridized carbons (Fsp3) is 0.333. The van der Waals surface area contributed by atoms with Crippen molar-refractivity contribution < 1.29 is 9.90 Å². The molecular formula is C21H21ClN2O2. The first-order valence-electron chi connectivity index (χ1n) is 8.69. The van der Waals surface area contributed by atoms with Gasteiger partial charge in [-0.1, -0.05) is 35.6 Å². The molecule has 3 rings (SSSR count). The number of hydrogen-bond donors (Lipinski definition) is 2. The van der Waals surface area contributed by atoms with Crippen LogP contribution in [0.4, 0.5) is 0 Å². The van der Waals surface area contributed by atoms with E-state index in [-0.39, 0.29) is 11.9 Å². The van der Waals surface area contributed by atoms with Gasteiger partial charge in [0.25, 0.3) is 5.91 Å². The largest absolute Gasteiger partial charge is 0.378 e. The van der Waals surface area contributed by atoms with Crippen molar-refractivity contribution in [1.82, 2.24) is 10.3 Å². The molecule has 1 saturated carbocycles. The summed E-state index contributed by atoms with van der Waals surface area (Å²) in [7, 11) is 0. The Morgan fingerprint density at radius 1 is 1.35 bits per heavy atom. The molecule has 26 heavy (non-hydrogen) atoms. The number of amides is 1. The van der Waals surface area contributed by atoms with E-state index in [1.54, 1.807) is 18.2 Å². The number of aryl methyl sites for hydroxylation is 1. The van der Waals surface area contributed by atoms with E-state index in [4.69, 9.17) is 11.6 Å². The molecule has 134 valence electrons. The summed E-state index contributed by atoms with van der Waals surface area (Å²) in [6, 6.07) is 12.5. The molecule has 1 aliphatic carbocycles. The van der Waals surface area contributed by atoms with Crippen LogP contribution in [-0.4, -0.2) is 27.6 Å². The zero-order chi connectivity index (χ0) is 18.6. The Morgan fingerprint density at radius 3 is 2.92 bits per heavy atom. The van der Waals surface area contributed by atoms with Crippen LogP contribution < -0.4 is 5.32 Å². The zero-order valence-corrected chi connectivity index (χ0v) is 15.4. The molecule has 1 heterocycles.